The van der Waals surface area contributed by atoms with Crippen LogP contribution in [0.15, 0.2) is 58.1 Å². The summed E-state index contributed by atoms with van der Waals surface area (Å²) in [6.07, 6.45) is 0. The molecule has 20 heavy (non-hydrogen) atoms. The van der Waals surface area contributed by atoms with E-state index in [1.54, 1.807) is 12.1 Å². The number of nitrogens with zero attached hydrogens (tertiary/aromatic N) is 2. The predicted molar refractivity (Wildman–Crippen MR) is 74.1 cm³/mol. The summed E-state index contributed by atoms with van der Waals surface area (Å²) in [6, 6.07) is 13.7. The van der Waals surface area contributed by atoms with Crippen molar-refractivity contribution >= 4 is 0 Å². The molecule has 3 aromatic rings. The zero-order chi connectivity index (χ0) is 13.9. The highest BCUT2D eigenvalue weighted by Gasteiger charge is 2.02. The van der Waals surface area contributed by atoms with Gasteiger partial charge < -0.3 is 0 Å². The summed E-state index contributed by atoms with van der Waals surface area (Å²) in [5.41, 5.74) is 2.67. The van der Waals surface area contributed by atoms with E-state index in [-0.39, 0.29) is 11.1 Å². The molecule has 0 atom stereocenters. The number of hydrogen-bond acceptors (Lipinski definition) is 4. The van der Waals surface area contributed by atoms with Gasteiger partial charge in [-0.15, -0.1) is 0 Å². The molecule has 0 amide bonds. The molecule has 0 aliphatic heterocycles. The second-order valence-corrected chi connectivity index (χ2v) is 4.19. The Morgan fingerprint density at radius 3 is 1.30 bits per heavy atom. The first-order valence-electron chi connectivity index (χ1n) is 5.95. The molecule has 0 unspecified atom stereocenters. The SMILES string of the molecule is O=c1ccc(-c2ccc(-c3ccc(=O)[nH]n3)cc2)n[nH]1. The first kappa shape index (κ1) is 12.0. The van der Waals surface area contributed by atoms with Crippen LogP contribution < -0.4 is 11.1 Å². The number of benzene rings is 1. The lowest BCUT2D eigenvalue weighted by Crippen LogP contribution is -2.06. The second kappa shape index (κ2) is 4.93. The topological polar surface area (TPSA) is 91.5 Å². The van der Waals surface area contributed by atoms with Crippen molar-refractivity contribution in [1.82, 2.24) is 20.4 Å². The van der Waals surface area contributed by atoms with Crippen LogP contribution in [0, 0.1) is 0 Å². The maximum atomic E-state index is 11.0. The fraction of sp³-hybridized carbons (Fsp3) is 0. The molecule has 2 aromatic heterocycles. The molecule has 6 heteroatoms. The zero-order valence-electron chi connectivity index (χ0n) is 10.3. The molecule has 2 N–H and O–H groups in total. The number of aromatic nitrogens is 4. The van der Waals surface area contributed by atoms with Crippen molar-refractivity contribution in [3.63, 3.8) is 0 Å². The maximum absolute atomic E-state index is 11.0. The molecule has 0 bridgehead atoms. The van der Waals surface area contributed by atoms with Crippen LogP contribution >= 0.6 is 0 Å². The molecule has 0 saturated carbocycles. The molecule has 3 rings (SSSR count). The molecule has 6 nitrogen and oxygen atoms in total. The van der Waals surface area contributed by atoms with Gasteiger partial charge >= 0.3 is 0 Å². The molecule has 0 fully saturated rings. The average Bonchev–Trinajstić information content (AvgIpc) is 2.49. The van der Waals surface area contributed by atoms with E-state index in [2.05, 4.69) is 20.4 Å². The summed E-state index contributed by atoms with van der Waals surface area (Å²) in [4.78, 5) is 21.9. The first-order valence-corrected chi connectivity index (χ1v) is 5.95. The Labute approximate surface area is 113 Å². The monoisotopic (exact) mass is 266 g/mol. The van der Waals surface area contributed by atoms with E-state index < -0.39 is 0 Å². The normalized spacial score (nSPS) is 10.4. The smallest absolute Gasteiger partial charge is 0.264 e. The van der Waals surface area contributed by atoms with Crippen LogP contribution in [0.2, 0.25) is 0 Å². The van der Waals surface area contributed by atoms with E-state index in [0.717, 1.165) is 11.1 Å². The van der Waals surface area contributed by atoms with E-state index in [9.17, 15) is 9.59 Å². The van der Waals surface area contributed by atoms with Crippen molar-refractivity contribution in [2.24, 2.45) is 0 Å². The van der Waals surface area contributed by atoms with Crippen molar-refractivity contribution < 1.29 is 0 Å². The highest BCUT2D eigenvalue weighted by atomic mass is 16.1. The quantitative estimate of drug-likeness (QED) is 0.728. The van der Waals surface area contributed by atoms with Gasteiger partial charge in [0.15, 0.2) is 0 Å². The van der Waals surface area contributed by atoms with Gasteiger partial charge in [0.2, 0.25) is 0 Å². The summed E-state index contributed by atoms with van der Waals surface area (Å²) in [6.45, 7) is 0. The van der Waals surface area contributed by atoms with Crippen LogP contribution in [0.25, 0.3) is 22.5 Å². The minimum Gasteiger partial charge on any atom is -0.268 e. The molecule has 0 saturated heterocycles. The van der Waals surface area contributed by atoms with Crippen LogP contribution in [0.5, 0.6) is 0 Å². The van der Waals surface area contributed by atoms with E-state index >= 15 is 0 Å². The highest BCUT2D eigenvalue weighted by Crippen LogP contribution is 2.20. The van der Waals surface area contributed by atoms with Gasteiger partial charge in [0, 0.05) is 23.3 Å². The summed E-state index contributed by atoms with van der Waals surface area (Å²) < 4.78 is 0. The fourth-order valence-electron chi connectivity index (χ4n) is 1.82. The Balaban J connectivity index is 1.95. The van der Waals surface area contributed by atoms with Gasteiger partial charge in [-0.05, 0) is 12.1 Å². The number of rotatable bonds is 2. The van der Waals surface area contributed by atoms with Crippen molar-refractivity contribution in [1.29, 1.82) is 0 Å². The van der Waals surface area contributed by atoms with E-state index in [1.807, 2.05) is 24.3 Å². The standard InChI is InChI=1S/C14H10N4O2/c19-13-7-5-11(15-17-13)9-1-2-10(4-3-9)12-6-8-14(20)18-16-12/h1-8H,(H,17,19)(H,18,20). The highest BCUT2D eigenvalue weighted by molar-refractivity contribution is 5.65. The first-order chi connectivity index (χ1) is 9.72. The van der Waals surface area contributed by atoms with E-state index in [1.165, 1.54) is 12.1 Å². The third-order valence-electron chi connectivity index (χ3n) is 2.83. The van der Waals surface area contributed by atoms with Crippen LogP contribution in [-0.2, 0) is 0 Å². The number of nitrogens with one attached hydrogen (secondary N) is 2. The minimum absolute atomic E-state index is 0.234. The molecule has 2 heterocycles. The Morgan fingerprint density at radius 2 is 1.00 bits per heavy atom. The zero-order valence-corrected chi connectivity index (χ0v) is 10.3. The van der Waals surface area contributed by atoms with Crippen LogP contribution in [-0.4, -0.2) is 20.4 Å². The molecule has 98 valence electrons. The summed E-state index contributed by atoms with van der Waals surface area (Å²) in [5, 5.41) is 12.7. The van der Waals surface area contributed by atoms with Crippen molar-refractivity contribution in [2.45, 2.75) is 0 Å². The number of aromatic amines is 2. The Morgan fingerprint density at radius 1 is 0.600 bits per heavy atom. The lowest BCUT2D eigenvalue weighted by molar-refractivity contribution is 0.993. The Hall–Kier alpha value is -3.02. The van der Waals surface area contributed by atoms with Gasteiger partial charge in [0.05, 0.1) is 11.4 Å². The van der Waals surface area contributed by atoms with Crippen molar-refractivity contribution in [2.75, 3.05) is 0 Å². The van der Waals surface area contributed by atoms with Crippen LogP contribution in [0.3, 0.4) is 0 Å². The van der Waals surface area contributed by atoms with Gasteiger partial charge in [-0.3, -0.25) is 9.59 Å². The van der Waals surface area contributed by atoms with Crippen molar-refractivity contribution in [3.05, 3.63) is 69.2 Å². The minimum atomic E-state index is -0.234. The Bertz CT molecular complexity index is 737. The third-order valence-corrected chi connectivity index (χ3v) is 2.83. The maximum Gasteiger partial charge on any atom is 0.264 e. The lowest BCUT2D eigenvalue weighted by Gasteiger charge is -2.02. The molecular formula is C14H10N4O2. The van der Waals surface area contributed by atoms with Crippen molar-refractivity contribution in [3.8, 4) is 22.5 Å². The fourth-order valence-corrected chi connectivity index (χ4v) is 1.82. The number of hydrogen-bond donors (Lipinski definition) is 2. The van der Waals surface area contributed by atoms with Gasteiger partial charge in [-0.25, -0.2) is 10.2 Å². The van der Waals surface area contributed by atoms with Crippen LogP contribution in [0.4, 0.5) is 0 Å². The third kappa shape index (κ3) is 2.39. The Kier molecular flexibility index (Phi) is 2.96. The molecule has 0 aliphatic rings. The molecule has 0 radical (unpaired) electrons. The van der Waals surface area contributed by atoms with E-state index in [0.29, 0.717) is 11.4 Å². The van der Waals surface area contributed by atoms with Gasteiger partial charge in [0.1, 0.15) is 0 Å². The predicted octanol–water partition coefficient (Wildman–Crippen LogP) is 1.19. The molecular weight excluding hydrogens is 256 g/mol. The molecule has 1 aromatic carbocycles. The van der Waals surface area contributed by atoms with Gasteiger partial charge in [-0.2, -0.15) is 10.2 Å². The largest absolute Gasteiger partial charge is 0.268 e. The average molecular weight is 266 g/mol. The van der Waals surface area contributed by atoms with E-state index in [4.69, 9.17) is 0 Å². The second-order valence-electron chi connectivity index (χ2n) is 4.19. The number of H-pyrrole nitrogens is 2. The van der Waals surface area contributed by atoms with Gasteiger partial charge in [-0.1, -0.05) is 24.3 Å². The summed E-state index contributed by atoms with van der Waals surface area (Å²) in [7, 11) is 0. The molecule has 0 spiro atoms. The lowest BCUT2D eigenvalue weighted by atomic mass is 10.1. The summed E-state index contributed by atoms with van der Waals surface area (Å²) >= 11 is 0. The summed E-state index contributed by atoms with van der Waals surface area (Å²) in [5.74, 6) is 0. The van der Waals surface area contributed by atoms with Gasteiger partial charge in [0.25, 0.3) is 11.1 Å². The van der Waals surface area contributed by atoms with Crippen LogP contribution in [0.1, 0.15) is 0 Å². The molecule has 0 aliphatic carbocycles.